The summed E-state index contributed by atoms with van der Waals surface area (Å²) in [4.78, 5) is 14.5. The number of hydrogen-bond acceptors (Lipinski definition) is 2. The molecule has 0 aromatic heterocycles. The zero-order chi connectivity index (χ0) is 13.8. The Hall–Kier alpha value is -1.51. The first-order chi connectivity index (χ1) is 9.09. The van der Waals surface area contributed by atoms with E-state index in [1.54, 1.807) is 0 Å². The second-order valence-electron chi connectivity index (χ2n) is 5.80. The number of anilines is 1. The lowest BCUT2D eigenvalue weighted by Crippen LogP contribution is -2.35. The highest BCUT2D eigenvalue weighted by atomic mass is 16.2. The maximum absolute atomic E-state index is 12.6. The van der Waals surface area contributed by atoms with Crippen LogP contribution in [0.2, 0.25) is 0 Å². The Morgan fingerprint density at radius 1 is 1.42 bits per heavy atom. The van der Waals surface area contributed by atoms with Crippen molar-refractivity contribution >= 4 is 11.6 Å². The number of fused-ring (bicyclic) bond motifs is 1. The number of para-hydroxylation sites is 1. The molecule has 3 heteroatoms. The molecule has 2 rings (SSSR count). The number of benzene rings is 1. The van der Waals surface area contributed by atoms with Crippen molar-refractivity contribution in [3.05, 3.63) is 29.8 Å². The van der Waals surface area contributed by atoms with E-state index in [0.717, 1.165) is 37.2 Å². The number of carbonyl (C=O) groups is 1. The van der Waals surface area contributed by atoms with Crippen LogP contribution in [0.4, 0.5) is 5.69 Å². The second-order valence-corrected chi connectivity index (χ2v) is 5.80. The van der Waals surface area contributed by atoms with E-state index >= 15 is 0 Å². The van der Waals surface area contributed by atoms with Crippen LogP contribution in [0, 0.1) is 5.92 Å². The largest absolute Gasteiger partial charge is 0.385 e. The zero-order valence-corrected chi connectivity index (χ0v) is 12.1. The van der Waals surface area contributed by atoms with E-state index in [-0.39, 0.29) is 11.8 Å². The Labute approximate surface area is 116 Å². The Morgan fingerprint density at radius 3 is 2.89 bits per heavy atom. The van der Waals surface area contributed by atoms with Gasteiger partial charge in [-0.05, 0) is 30.4 Å². The maximum Gasteiger partial charge on any atom is 0.230 e. The van der Waals surface area contributed by atoms with E-state index in [0.29, 0.717) is 5.92 Å². The molecule has 19 heavy (non-hydrogen) atoms. The smallest absolute Gasteiger partial charge is 0.230 e. The molecule has 1 amide bonds. The van der Waals surface area contributed by atoms with E-state index in [4.69, 9.17) is 0 Å². The van der Waals surface area contributed by atoms with Crippen LogP contribution < -0.4 is 5.32 Å². The molecule has 1 aliphatic rings. The first kappa shape index (κ1) is 13.9. The molecule has 0 aliphatic carbocycles. The normalized spacial score (nSPS) is 17.8. The van der Waals surface area contributed by atoms with E-state index < -0.39 is 0 Å². The van der Waals surface area contributed by atoms with Gasteiger partial charge in [0, 0.05) is 25.8 Å². The fourth-order valence-corrected chi connectivity index (χ4v) is 2.55. The minimum atomic E-state index is 0.0228. The molecule has 1 unspecified atom stereocenters. The van der Waals surface area contributed by atoms with Gasteiger partial charge in [-0.3, -0.25) is 4.79 Å². The van der Waals surface area contributed by atoms with Gasteiger partial charge in [-0.2, -0.15) is 0 Å². The number of nitrogens with zero attached hydrogens (tertiary/aromatic N) is 1. The van der Waals surface area contributed by atoms with Crippen LogP contribution in [0.5, 0.6) is 0 Å². The van der Waals surface area contributed by atoms with Crippen molar-refractivity contribution in [1.82, 2.24) is 4.90 Å². The summed E-state index contributed by atoms with van der Waals surface area (Å²) >= 11 is 0. The summed E-state index contributed by atoms with van der Waals surface area (Å²) in [7, 11) is 1.93. The molecule has 0 saturated carbocycles. The van der Waals surface area contributed by atoms with Crippen LogP contribution in [0.3, 0.4) is 0 Å². The second kappa shape index (κ2) is 6.09. The summed E-state index contributed by atoms with van der Waals surface area (Å²) in [6, 6.07) is 8.16. The molecule has 0 bridgehead atoms. The van der Waals surface area contributed by atoms with Crippen LogP contribution in [0.25, 0.3) is 0 Å². The monoisotopic (exact) mass is 260 g/mol. The quantitative estimate of drug-likeness (QED) is 0.902. The van der Waals surface area contributed by atoms with Gasteiger partial charge in [0.05, 0.1) is 5.92 Å². The van der Waals surface area contributed by atoms with Gasteiger partial charge in [0.25, 0.3) is 0 Å². The lowest BCUT2D eigenvalue weighted by Gasteiger charge is -2.29. The average molecular weight is 260 g/mol. The number of rotatable bonds is 4. The molecule has 104 valence electrons. The topological polar surface area (TPSA) is 32.3 Å². The fourth-order valence-electron chi connectivity index (χ4n) is 2.55. The summed E-state index contributed by atoms with van der Waals surface area (Å²) < 4.78 is 0. The van der Waals surface area contributed by atoms with Crippen LogP contribution in [-0.2, 0) is 4.79 Å². The zero-order valence-electron chi connectivity index (χ0n) is 12.1. The van der Waals surface area contributed by atoms with Gasteiger partial charge in [0.2, 0.25) is 5.91 Å². The molecule has 0 spiro atoms. The maximum atomic E-state index is 12.6. The van der Waals surface area contributed by atoms with Crippen molar-refractivity contribution in [3.8, 4) is 0 Å². The van der Waals surface area contributed by atoms with Crippen molar-refractivity contribution < 1.29 is 4.79 Å². The van der Waals surface area contributed by atoms with Crippen molar-refractivity contribution in [1.29, 1.82) is 0 Å². The Morgan fingerprint density at radius 2 is 2.16 bits per heavy atom. The highest BCUT2D eigenvalue weighted by molar-refractivity contribution is 5.86. The molecule has 1 aliphatic heterocycles. The summed E-state index contributed by atoms with van der Waals surface area (Å²) in [5.74, 6) is 0.916. The van der Waals surface area contributed by atoms with E-state index in [9.17, 15) is 4.79 Å². The number of hydrogen-bond donors (Lipinski definition) is 1. The lowest BCUT2D eigenvalue weighted by atomic mass is 9.90. The summed E-state index contributed by atoms with van der Waals surface area (Å²) in [5, 5.41) is 3.37. The molecule has 1 heterocycles. The lowest BCUT2D eigenvalue weighted by molar-refractivity contribution is -0.131. The highest BCUT2D eigenvalue weighted by Gasteiger charge is 2.28. The van der Waals surface area contributed by atoms with Gasteiger partial charge in [0.15, 0.2) is 0 Å². The molecule has 1 aromatic carbocycles. The van der Waals surface area contributed by atoms with Crippen molar-refractivity contribution in [3.63, 3.8) is 0 Å². The third kappa shape index (κ3) is 3.28. The van der Waals surface area contributed by atoms with Crippen molar-refractivity contribution in [2.24, 2.45) is 5.92 Å². The first-order valence-corrected chi connectivity index (χ1v) is 7.17. The van der Waals surface area contributed by atoms with Gasteiger partial charge in [-0.25, -0.2) is 0 Å². The van der Waals surface area contributed by atoms with Crippen LogP contribution in [0.1, 0.15) is 38.2 Å². The predicted octanol–water partition coefficient (Wildman–Crippen LogP) is 3.09. The van der Waals surface area contributed by atoms with Gasteiger partial charge < -0.3 is 10.2 Å². The third-order valence-corrected chi connectivity index (χ3v) is 3.80. The number of nitrogens with one attached hydrogen (secondary N) is 1. The molecular weight excluding hydrogens is 236 g/mol. The molecule has 1 aromatic rings. The SMILES string of the molecule is CC(C)CCN(C)C(=O)C1CCNc2ccccc21. The van der Waals surface area contributed by atoms with Gasteiger partial charge >= 0.3 is 0 Å². The molecule has 0 radical (unpaired) electrons. The fraction of sp³-hybridized carbons (Fsp3) is 0.562. The molecule has 1 atom stereocenters. The van der Waals surface area contributed by atoms with Gasteiger partial charge in [0.1, 0.15) is 0 Å². The summed E-state index contributed by atoms with van der Waals surface area (Å²) in [6.45, 7) is 6.12. The van der Waals surface area contributed by atoms with Gasteiger partial charge in [-0.15, -0.1) is 0 Å². The molecule has 0 saturated heterocycles. The Kier molecular flexibility index (Phi) is 4.46. The first-order valence-electron chi connectivity index (χ1n) is 7.17. The summed E-state index contributed by atoms with van der Waals surface area (Å²) in [5.41, 5.74) is 2.26. The third-order valence-electron chi connectivity index (χ3n) is 3.80. The summed E-state index contributed by atoms with van der Waals surface area (Å²) in [6.07, 6.45) is 1.96. The average Bonchev–Trinajstić information content (AvgIpc) is 2.43. The molecule has 3 nitrogen and oxygen atoms in total. The Balaban J connectivity index is 2.08. The number of carbonyl (C=O) groups excluding carboxylic acids is 1. The van der Waals surface area contributed by atoms with E-state index in [2.05, 4.69) is 31.3 Å². The Bertz CT molecular complexity index is 442. The van der Waals surface area contributed by atoms with Crippen molar-refractivity contribution in [2.75, 3.05) is 25.5 Å². The van der Waals surface area contributed by atoms with Crippen LogP contribution >= 0.6 is 0 Å². The minimum Gasteiger partial charge on any atom is -0.385 e. The highest BCUT2D eigenvalue weighted by Crippen LogP contribution is 2.32. The van der Waals surface area contributed by atoms with Crippen LogP contribution in [-0.4, -0.2) is 30.9 Å². The van der Waals surface area contributed by atoms with Crippen LogP contribution in [0.15, 0.2) is 24.3 Å². The molecular formula is C16H24N2O. The number of amides is 1. The van der Waals surface area contributed by atoms with Gasteiger partial charge in [-0.1, -0.05) is 32.0 Å². The molecule has 1 N–H and O–H groups in total. The molecule has 0 fully saturated rings. The van der Waals surface area contributed by atoms with Crippen molar-refractivity contribution in [2.45, 2.75) is 32.6 Å². The number of likely N-dealkylation sites (N-methyl/N-ethyl adjacent to an activating group) is 1. The predicted molar refractivity (Wildman–Crippen MR) is 79.4 cm³/mol. The minimum absolute atomic E-state index is 0.0228. The van der Waals surface area contributed by atoms with E-state index in [1.807, 2.05) is 24.1 Å². The van der Waals surface area contributed by atoms with E-state index in [1.165, 1.54) is 0 Å². The standard InChI is InChI=1S/C16H24N2O/c1-12(2)9-11-18(3)16(19)14-8-10-17-15-7-5-4-6-13(14)15/h4-7,12,14,17H,8-11H2,1-3H3.